The van der Waals surface area contributed by atoms with Crippen LogP contribution in [-0.2, 0) is 10.5 Å². The van der Waals surface area contributed by atoms with Gasteiger partial charge in [0, 0.05) is 16.8 Å². The summed E-state index contributed by atoms with van der Waals surface area (Å²) >= 11 is 7.42. The zero-order valence-electron chi connectivity index (χ0n) is 8.91. The van der Waals surface area contributed by atoms with Gasteiger partial charge in [0.05, 0.1) is 5.75 Å². The van der Waals surface area contributed by atoms with Gasteiger partial charge in [0.25, 0.3) is 0 Å². The highest BCUT2D eigenvalue weighted by molar-refractivity contribution is 7.99. The van der Waals surface area contributed by atoms with Crippen molar-refractivity contribution in [1.82, 2.24) is 5.32 Å². The topological polar surface area (TPSA) is 29.1 Å². The van der Waals surface area contributed by atoms with Gasteiger partial charge in [-0.05, 0) is 30.5 Å². The molecule has 0 radical (unpaired) electrons. The fourth-order valence-electron chi connectivity index (χ4n) is 1.34. The molecule has 0 atom stereocenters. The van der Waals surface area contributed by atoms with Crippen molar-refractivity contribution in [2.24, 2.45) is 0 Å². The van der Waals surface area contributed by atoms with Crippen molar-refractivity contribution in [1.29, 1.82) is 0 Å². The van der Waals surface area contributed by atoms with Gasteiger partial charge in [0.2, 0.25) is 5.91 Å². The minimum Gasteiger partial charge on any atom is -0.353 e. The number of rotatable bonds is 5. The van der Waals surface area contributed by atoms with E-state index < -0.39 is 0 Å². The number of carbonyl (C=O) groups is 1. The maximum atomic E-state index is 11.4. The van der Waals surface area contributed by atoms with Gasteiger partial charge in [-0.15, -0.1) is 11.8 Å². The number of benzene rings is 1. The van der Waals surface area contributed by atoms with E-state index in [1.807, 2.05) is 24.3 Å². The Morgan fingerprint density at radius 2 is 2.06 bits per heavy atom. The Morgan fingerprint density at radius 3 is 2.69 bits per heavy atom. The van der Waals surface area contributed by atoms with Gasteiger partial charge in [-0.3, -0.25) is 4.79 Å². The molecule has 0 aromatic heterocycles. The summed E-state index contributed by atoms with van der Waals surface area (Å²) < 4.78 is 0. The molecule has 1 saturated carbocycles. The van der Waals surface area contributed by atoms with Crippen LogP contribution in [0.5, 0.6) is 0 Å². The van der Waals surface area contributed by atoms with E-state index in [9.17, 15) is 4.79 Å². The number of thioether (sulfide) groups is 1. The highest BCUT2D eigenvalue weighted by atomic mass is 35.5. The summed E-state index contributed by atoms with van der Waals surface area (Å²) in [5.41, 5.74) is 1.20. The molecule has 2 nitrogen and oxygen atoms in total. The minimum atomic E-state index is 0.154. The van der Waals surface area contributed by atoms with E-state index in [1.54, 1.807) is 11.8 Å². The van der Waals surface area contributed by atoms with Gasteiger partial charge < -0.3 is 5.32 Å². The average Bonchev–Trinajstić information content (AvgIpc) is 3.05. The molecular formula is C12H14ClNOS. The second-order valence-electron chi connectivity index (χ2n) is 3.96. The van der Waals surface area contributed by atoms with Crippen LogP contribution >= 0.6 is 23.4 Å². The lowest BCUT2D eigenvalue weighted by molar-refractivity contribution is -0.118. The first-order chi connectivity index (χ1) is 7.74. The Labute approximate surface area is 105 Å². The van der Waals surface area contributed by atoms with Crippen LogP contribution in [0.4, 0.5) is 0 Å². The van der Waals surface area contributed by atoms with Gasteiger partial charge in [-0.1, -0.05) is 23.7 Å². The number of carbonyl (C=O) groups excluding carboxylic acids is 1. The van der Waals surface area contributed by atoms with Crippen LogP contribution in [0.1, 0.15) is 18.4 Å². The normalized spacial score (nSPS) is 14.8. The summed E-state index contributed by atoms with van der Waals surface area (Å²) in [7, 11) is 0. The lowest BCUT2D eigenvalue weighted by Crippen LogP contribution is -2.27. The van der Waals surface area contributed by atoms with E-state index in [0.29, 0.717) is 11.8 Å². The molecule has 4 heteroatoms. The molecule has 86 valence electrons. The Hall–Kier alpha value is -0.670. The van der Waals surface area contributed by atoms with E-state index >= 15 is 0 Å². The number of amides is 1. The fourth-order valence-corrected chi connectivity index (χ4v) is 2.26. The molecule has 0 aliphatic heterocycles. The number of hydrogen-bond acceptors (Lipinski definition) is 2. The quantitative estimate of drug-likeness (QED) is 0.877. The highest BCUT2D eigenvalue weighted by Crippen LogP contribution is 2.19. The molecule has 0 heterocycles. The number of halogens is 1. The van der Waals surface area contributed by atoms with Crippen LogP contribution < -0.4 is 5.32 Å². The molecule has 1 aromatic carbocycles. The summed E-state index contributed by atoms with van der Waals surface area (Å²) in [6.45, 7) is 0. The second kappa shape index (κ2) is 5.60. The molecule has 0 bridgehead atoms. The van der Waals surface area contributed by atoms with Crippen molar-refractivity contribution in [2.75, 3.05) is 5.75 Å². The number of hydrogen-bond donors (Lipinski definition) is 1. The molecule has 1 aromatic rings. The van der Waals surface area contributed by atoms with Crippen LogP contribution in [-0.4, -0.2) is 17.7 Å². The maximum absolute atomic E-state index is 11.4. The van der Waals surface area contributed by atoms with Gasteiger partial charge in [0.1, 0.15) is 0 Å². The monoisotopic (exact) mass is 255 g/mol. The van der Waals surface area contributed by atoms with Gasteiger partial charge >= 0.3 is 0 Å². The molecule has 2 rings (SSSR count). The average molecular weight is 256 g/mol. The van der Waals surface area contributed by atoms with Crippen molar-refractivity contribution >= 4 is 29.3 Å². The van der Waals surface area contributed by atoms with Crippen molar-refractivity contribution in [3.05, 3.63) is 34.9 Å². The third-order valence-corrected chi connectivity index (χ3v) is 3.61. The first kappa shape index (κ1) is 11.8. The Balaban J connectivity index is 1.66. The van der Waals surface area contributed by atoms with E-state index in [1.165, 1.54) is 5.56 Å². The molecule has 1 aliphatic carbocycles. The summed E-state index contributed by atoms with van der Waals surface area (Å²) in [6.07, 6.45) is 2.29. The second-order valence-corrected chi connectivity index (χ2v) is 5.38. The third-order valence-electron chi connectivity index (χ3n) is 2.36. The molecule has 0 spiro atoms. The Bertz CT molecular complexity index is 362. The van der Waals surface area contributed by atoms with Crippen LogP contribution in [0.25, 0.3) is 0 Å². The molecule has 0 unspecified atom stereocenters. The summed E-state index contributed by atoms with van der Waals surface area (Å²) in [5.74, 6) is 1.55. The summed E-state index contributed by atoms with van der Waals surface area (Å²) in [5, 5.41) is 3.72. The summed E-state index contributed by atoms with van der Waals surface area (Å²) in [4.78, 5) is 11.4. The lowest BCUT2D eigenvalue weighted by Gasteiger charge is -2.03. The van der Waals surface area contributed by atoms with Crippen molar-refractivity contribution < 1.29 is 4.79 Å². The zero-order chi connectivity index (χ0) is 11.4. The van der Waals surface area contributed by atoms with E-state index in [2.05, 4.69) is 5.32 Å². The Morgan fingerprint density at radius 1 is 1.38 bits per heavy atom. The first-order valence-corrected chi connectivity index (χ1v) is 6.89. The molecule has 1 amide bonds. The van der Waals surface area contributed by atoms with Crippen LogP contribution in [0.2, 0.25) is 5.02 Å². The smallest absolute Gasteiger partial charge is 0.230 e. The van der Waals surface area contributed by atoms with Crippen molar-refractivity contribution in [3.8, 4) is 0 Å². The van der Waals surface area contributed by atoms with Gasteiger partial charge in [0.15, 0.2) is 0 Å². The zero-order valence-corrected chi connectivity index (χ0v) is 10.5. The first-order valence-electron chi connectivity index (χ1n) is 5.35. The molecular weight excluding hydrogens is 242 g/mol. The van der Waals surface area contributed by atoms with Crippen LogP contribution in [0, 0.1) is 0 Å². The predicted octanol–water partition coefficient (Wildman–Crippen LogP) is 2.85. The highest BCUT2D eigenvalue weighted by Gasteiger charge is 2.22. The van der Waals surface area contributed by atoms with Crippen molar-refractivity contribution in [2.45, 2.75) is 24.6 Å². The maximum Gasteiger partial charge on any atom is 0.230 e. The standard InChI is InChI=1S/C12H14ClNOS/c13-10-3-1-9(2-4-10)7-16-8-12(15)14-11-5-6-11/h1-4,11H,5-8H2,(H,14,15). The predicted molar refractivity (Wildman–Crippen MR) is 68.8 cm³/mol. The molecule has 1 fully saturated rings. The largest absolute Gasteiger partial charge is 0.353 e. The van der Waals surface area contributed by atoms with E-state index in [4.69, 9.17) is 11.6 Å². The SMILES string of the molecule is O=C(CSCc1ccc(Cl)cc1)NC1CC1. The van der Waals surface area contributed by atoms with E-state index in [0.717, 1.165) is 23.6 Å². The number of nitrogens with one attached hydrogen (secondary N) is 1. The van der Waals surface area contributed by atoms with Gasteiger partial charge in [-0.25, -0.2) is 0 Å². The Kier molecular flexibility index (Phi) is 4.13. The third kappa shape index (κ3) is 4.06. The van der Waals surface area contributed by atoms with Crippen molar-refractivity contribution in [3.63, 3.8) is 0 Å². The lowest BCUT2D eigenvalue weighted by atomic mass is 10.2. The molecule has 1 aliphatic rings. The fraction of sp³-hybridized carbons (Fsp3) is 0.417. The molecule has 16 heavy (non-hydrogen) atoms. The van der Waals surface area contributed by atoms with Crippen LogP contribution in [0.3, 0.4) is 0 Å². The minimum absolute atomic E-state index is 0.154. The molecule has 1 N–H and O–H groups in total. The summed E-state index contributed by atoms with van der Waals surface area (Å²) in [6, 6.07) is 8.20. The molecule has 0 saturated heterocycles. The van der Waals surface area contributed by atoms with Gasteiger partial charge in [-0.2, -0.15) is 0 Å². The van der Waals surface area contributed by atoms with E-state index in [-0.39, 0.29) is 5.91 Å². The van der Waals surface area contributed by atoms with Crippen LogP contribution in [0.15, 0.2) is 24.3 Å².